The van der Waals surface area contributed by atoms with Gasteiger partial charge in [0.2, 0.25) is 11.8 Å². The van der Waals surface area contributed by atoms with Gasteiger partial charge in [0.1, 0.15) is 4.87 Å². The molecule has 1 aliphatic rings. The Morgan fingerprint density at radius 1 is 1.14 bits per heavy atom. The van der Waals surface area contributed by atoms with E-state index in [-0.39, 0.29) is 34.1 Å². The molecule has 0 saturated carbocycles. The van der Waals surface area contributed by atoms with Gasteiger partial charge in [-0.15, -0.1) is 5.10 Å². The molecule has 1 N–H and O–H groups in total. The second-order valence-corrected chi connectivity index (χ2v) is 10.4. The monoisotopic (exact) mass is 419 g/mol. The van der Waals surface area contributed by atoms with Gasteiger partial charge in [0.05, 0.1) is 10.6 Å². The molecule has 0 spiro atoms. The molecule has 148 valence electrons. The van der Waals surface area contributed by atoms with Crippen LogP contribution in [0, 0.1) is 0 Å². The summed E-state index contributed by atoms with van der Waals surface area (Å²) in [4.78, 5) is 22.6. The molecule has 0 fully saturated rings. The fourth-order valence-electron chi connectivity index (χ4n) is 3.03. The molecule has 1 atom stereocenters. The number of amides is 2. The van der Waals surface area contributed by atoms with E-state index in [0.29, 0.717) is 0 Å². The van der Waals surface area contributed by atoms with Gasteiger partial charge in [-0.2, -0.15) is 0 Å². The number of sulfone groups is 1. The highest BCUT2D eigenvalue weighted by Gasteiger charge is 2.43. The van der Waals surface area contributed by atoms with Crippen LogP contribution in [0.2, 0.25) is 0 Å². The molecular formula is C19H21N3O4S2. The fourth-order valence-corrected chi connectivity index (χ4v) is 5.84. The van der Waals surface area contributed by atoms with E-state index in [1.165, 1.54) is 30.6 Å². The molecule has 0 aliphatic carbocycles. The van der Waals surface area contributed by atoms with Crippen LogP contribution in [0.25, 0.3) is 10.8 Å². The Kier molecular flexibility index (Phi) is 5.49. The van der Waals surface area contributed by atoms with Crippen LogP contribution in [0.1, 0.15) is 27.2 Å². The second-order valence-electron chi connectivity index (χ2n) is 6.77. The maximum Gasteiger partial charge on any atom is 0.240 e. The van der Waals surface area contributed by atoms with Crippen LogP contribution in [0.4, 0.5) is 0 Å². The van der Waals surface area contributed by atoms with Gasteiger partial charge in [-0.25, -0.2) is 13.4 Å². The summed E-state index contributed by atoms with van der Waals surface area (Å²) in [5, 5.41) is 10.0. The molecule has 7 nitrogen and oxygen atoms in total. The SMILES string of the molecule is CC(=O)NC1=NN(C(C)=O)[C@](C)(CCS(=O)(=O)c2ccc3ccccc3c2)S1. The molecule has 0 unspecified atom stereocenters. The number of fused-ring (bicyclic) bond motifs is 1. The topological polar surface area (TPSA) is 95.9 Å². The molecule has 0 aromatic heterocycles. The first-order valence-electron chi connectivity index (χ1n) is 8.68. The van der Waals surface area contributed by atoms with Gasteiger partial charge in [-0.1, -0.05) is 42.1 Å². The lowest BCUT2D eigenvalue weighted by molar-refractivity contribution is -0.131. The van der Waals surface area contributed by atoms with Crippen molar-refractivity contribution in [2.45, 2.75) is 37.0 Å². The van der Waals surface area contributed by atoms with Crippen LogP contribution in [-0.2, 0) is 19.4 Å². The van der Waals surface area contributed by atoms with E-state index < -0.39 is 14.7 Å². The molecule has 1 heterocycles. The van der Waals surface area contributed by atoms with Crippen molar-refractivity contribution in [3.8, 4) is 0 Å². The summed E-state index contributed by atoms with van der Waals surface area (Å²) < 4.78 is 25.8. The lowest BCUT2D eigenvalue weighted by Crippen LogP contribution is -2.41. The Morgan fingerprint density at radius 3 is 2.46 bits per heavy atom. The summed E-state index contributed by atoms with van der Waals surface area (Å²) in [7, 11) is -3.56. The molecular weight excluding hydrogens is 398 g/mol. The number of nitrogens with one attached hydrogen (secondary N) is 1. The molecule has 0 saturated heterocycles. The van der Waals surface area contributed by atoms with E-state index in [1.807, 2.05) is 24.3 Å². The number of nitrogens with zero attached hydrogens (tertiary/aromatic N) is 2. The van der Waals surface area contributed by atoms with Crippen molar-refractivity contribution in [1.82, 2.24) is 10.3 Å². The summed E-state index contributed by atoms with van der Waals surface area (Å²) in [6.45, 7) is 4.45. The number of rotatable bonds is 4. The van der Waals surface area contributed by atoms with Gasteiger partial charge in [0.25, 0.3) is 0 Å². The zero-order valence-corrected chi connectivity index (χ0v) is 17.4. The first kappa shape index (κ1) is 20.3. The second kappa shape index (κ2) is 7.56. The van der Waals surface area contributed by atoms with Gasteiger partial charge in [-0.05, 0) is 36.2 Å². The van der Waals surface area contributed by atoms with E-state index in [9.17, 15) is 18.0 Å². The third kappa shape index (κ3) is 4.20. The number of amidine groups is 1. The molecule has 2 aromatic rings. The molecule has 2 amide bonds. The van der Waals surface area contributed by atoms with E-state index in [0.717, 1.165) is 10.8 Å². The number of hydrogen-bond donors (Lipinski definition) is 1. The van der Waals surface area contributed by atoms with Crippen LogP contribution < -0.4 is 5.32 Å². The Balaban J connectivity index is 1.80. The molecule has 2 aromatic carbocycles. The van der Waals surface area contributed by atoms with Gasteiger partial charge in [0, 0.05) is 13.8 Å². The standard InChI is InChI=1S/C19H21N3O4S2/c1-13(23)20-18-21-22(14(2)24)19(3,27-18)10-11-28(25,26)17-9-8-15-6-4-5-7-16(15)12-17/h4-9,12H,10-11H2,1-3H3,(H,20,21,23)/t19-/m0/s1. The van der Waals surface area contributed by atoms with Crippen LogP contribution in [0.3, 0.4) is 0 Å². The Bertz CT molecular complexity index is 1080. The third-order valence-corrected chi connectivity index (χ3v) is 7.36. The molecule has 3 rings (SSSR count). The number of carbonyl (C=O) groups excluding carboxylic acids is 2. The van der Waals surface area contributed by atoms with Crippen LogP contribution in [-0.4, -0.2) is 41.0 Å². The van der Waals surface area contributed by atoms with Gasteiger partial charge in [-0.3, -0.25) is 9.59 Å². The van der Waals surface area contributed by atoms with Crippen molar-refractivity contribution in [1.29, 1.82) is 0 Å². The Labute approximate surface area is 168 Å². The third-order valence-electron chi connectivity index (χ3n) is 4.45. The number of hydrogen-bond acceptors (Lipinski definition) is 6. The number of hydrazone groups is 1. The maximum absolute atomic E-state index is 12.9. The van der Waals surface area contributed by atoms with Crippen molar-refractivity contribution in [3.63, 3.8) is 0 Å². The van der Waals surface area contributed by atoms with E-state index in [4.69, 9.17) is 0 Å². The first-order valence-corrected chi connectivity index (χ1v) is 11.2. The van der Waals surface area contributed by atoms with E-state index >= 15 is 0 Å². The quantitative estimate of drug-likeness (QED) is 0.822. The van der Waals surface area contributed by atoms with Gasteiger partial charge < -0.3 is 5.32 Å². The normalized spacial score (nSPS) is 19.5. The molecule has 0 bridgehead atoms. The lowest BCUT2D eigenvalue weighted by Gasteiger charge is -2.30. The first-order chi connectivity index (χ1) is 13.1. The minimum absolute atomic E-state index is 0.151. The summed E-state index contributed by atoms with van der Waals surface area (Å²) in [5.74, 6) is -0.775. The zero-order valence-electron chi connectivity index (χ0n) is 15.8. The smallest absolute Gasteiger partial charge is 0.240 e. The van der Waals surface area contributed by atoms with Crippen molar-refractivity contribution < 1.29 is 18.0 Å². The zero-order chi connectivity index (χ0) is 20.5. The van der Waals surface area contributed by atoms with Crippen molar-refractivity contribution >= 4 is 49.4 Å². The minimum atomic E-state index is -3.56. The average molecular weight is 420 g/mol. The highest BCUT2D eigenvalue weighted by Crippen LogP contribution is 2.39. The Morgan fingerprint density at radius 2 is 1.82 bits per heavy atom. The summed E-state index contributed by atoms with van der Waals surface area (Å²) in [5.41, 5.74) is 0. The van der Waals surface area contributed by atoms with Crippen molar-refractivity contribution in [3.05, 3.63) is 42.5 Å². The van der Waals surface area contributed by atoms with E-state index in [2.05, 4.69) is 10.4 Å². The van der Waals surface area contributed by atoms with E-state index in [1.54, 1.807) is 25.1 Å². The lowest BCUT2D eigenvalue weighted by atomic mass is 10.1. The highest BCUT2D eigenvalue weighted by atomic mass is 32.2. The van der Waals surface area contributed by atoms with Crippen LogP contribution in [0.15, 0.2) is 52.5 Å². The molecule has 28 heavy (non-hydrogen) atoms. The fraction of sp³-hybridized carbons (Fsp3) is 0.316. The van der Waals surface area contributed by atoms with Crippen LogP contribution in [0.5, 0.6) is 0 Å². The predicted octanol–water partition coefficient (Wildman–Crippen LogP) is 2.72. The number of benzene rings is 2. The molecule has 1 aliphatic heterocycles. The van der Waals surface area contributed by atoms with Crippen LogP contribution >= 0.6 is 11.8 Å². The molecule has 0 radical (unpaired) electrons. The average Bonchev–Trinajstić information content (AvgIpc) is 2.96. The highest BCUT2D eigenvalue weighted by molar-refractivity contribution is 8.15. The van der Waals surface area contributed by atoms with Crippen molar-refractivity contribution in [2.24, 2.45) is 5.10 Å². The number of thioether (sulfide) groups is 1. The predicted molar refractivity (Wildman–Crippen MR) is 110 cm³/mol. The Hall–Kier alpha value is -2.39. The minimum Gasteiger partial charge on any atom is -0.304 e. The summed E-state index contributed by atoms with van der Waals surface area (Å²) >= 11 is 1.17. The maximum atomic E-state index is 12.9. The molecule has 9 heteroatoms. The van der Waals surface area contributed by atoms with Crippen molar-refractivity contribution in [2.75, 3.05) is 5.75 Å². The van der Waals surface area contributed by atoms with Gasteiger partial charge in [0.15, 0.2) is 15.0 Å². The number of carbonyl (C=O) groups is 2. The summed E-state index contributed by atoms with van der Waals surface area (Å²) in [6, 6.07) is 12.6. The largest absolute Gasteiger partial charge is 0.304 e. The van der Waals surface area contributed by atoms with Gasteiger partial charge >= 0.3 is 0 Å². The summed E-state index contributed by atoms with van der Waals surface area (Å²) in [6.07, 6.45) is 0.166.